The molecule has 0 heterocycles. The maximum absolute atomic E-state index is 12.0. The second-order valence-electron chi connectivity index (χ2n) is 4.09. The third kappa shape index (κ3) is 6.72. The third-order valence-corrected chi connectivity index (χ3v) is 2.55. The van der Waals surface area contributed by atoms with Gasteiger partial charge >= 0.3 is 6.61 Å². The van der Waals surface area contributed by atoms with Crippen LogP contribution in [-0.2, 0) is 4.74 Å². The average Bonchev–Trinajstić information content (AvgIpc) is 2.38. The average molecular weight is 295 g/mol. The van der Waals surface area contributed by atoms with E-state index >= 15 is 0 Å². The number of alkyl halides is 4. The molecule has 20 heavy (non-hydrogen) atoms. The molecule has 1 unspecified atom stereocenters. The van der Waals surface area contributed by atoms with Gasteiger partial charge in [0.05, 0.1) is 6.61 Å². The van der Waals surface area contributed by atoms with Crippen molar-refractivity contribution < 1.29 is 27.0 Å². The normalized spacial score (nSPS) is 12.9. The van der Waals surface area contributed by atoms with Crippen LogP contribution in [0.15, 0.2) is 24.3 Å². The van der Waals surface area contributed by atoms with E-state index in [4.69, 9.17) is 4.74 Å². The van der Waals surface area contributed by atoms with Gasteiger partial charge in [-0.3, -0.25) is 0 Å². The Hall–Kier alpha value is -1.34. The van der Waals surface area contributed by atoms with Crippen LogP contribution >= 0.6 is 0 Å². The number of hydrogen-bond acceptors (Lipinski definition) is 3. The molecule has 0 aliphatic carbocycles. The molecule has 0 radical (unpaired) electrons. The molecule has 3 nitrogen and oxygen atoms in total. The number of ether oxygens (including phenoxy) is 2. The Morgan fingerprint density at radius 3 is 2.30 bits per heavy atom. The van der Waals surface area contributed by atoms with Crippen molar-refractivity contribution in [1.29, 1.82) is 0 Å². The second kappa shape index (κ2) is 8.76. The van der Waals surface area contributed by atoms with E-state index in [1.165, 1.54) is 12.1 Å². The zero-order valence-electron chi connectivity index (χ0n) is 11.0. The Bertz CT molecular complexity index is 373. The number of rotatable bonds is 9. The Labute approximate surface area is 114 Å². The minimum atomic E-state index is -2.84. The molecular weight excluding hydrogens is 278 g/mol. The summed E-state index contributed by atoms with van der Waals surface area (Å²) in [7, 11) is 0. The van der Waals surface area contributed by atoms with Crippen molar-refractivity contribution in [2.24, 2.45) is 0 Å². The molecule has 0 spiro atoms. The molecule has 0 saturated heterocycles. The summed E-state index contributed by atoms with van der Waals surface area (Å²) >= 11 is 0. The first-order valence-electron chi connectivity index (χ1n) is 6.13. The summed E-state index contributed by atoms with van der Waals surface area (Å²) in [6, 6.07) is 6.18. The molecule has 1 N–H and O–H groups in total. The summed E-state index contributed by atoms with van der Waals surface area (Å²) in [5, 5.41) is 3.07. The minimum Gasteiger partial charge on any atom is -0.435 e. The van der Waals surface area contributed by atoms with Gasteiger partial charge < -0.3 is 14.8 Å². The van der Waals surface area contributed by atoms with Crippen molar-refractivity contribution in [2.75, 3.05) is 19.8 Å². The predicted octanol–water partition coefficient (Wildman–Crippen LogP) is 3.22. The molecule has 0 fully saturated rings. The summed E-state index contributed by atoms with van der Waals surface area (Å²) in [5.41, 5.74) is 0.875. The molecular formula is C13H17F4NO2. The lowest BCUT2D eigenvalue weighted by Crippen LogP contribution is -2.24. The van der Waals surface area contributed by atoms with Gasteiger partial charge in [0.2, 0.25) is 0 Å². The Morgan fingerprint density at radius 2 is 1.75 bits per heavy atom. The maximum Gasteiger partial charge on any atom is 0.387 e. The monoisotopic (exact) mass is 295 g/mol. The predicted molar refractivity (Wildman–Crippen MR) is 66.3 cm³/mol. The highest BCUT2D eigenvalue weighted by Gasteiger charge is 2.07. The van der Waals surface area contributed by atoms with Crippen LogP contribution in [0.3, 0.4) is 0 Å². The van der Waals surface area contributed by atoms with E-state index in [-0.39, 0.29) is 18.4 Å². The van der Waals surface area contributed by atoms with Crippen LogP contribution in [-0.4, -0.2) is 32.8 Å². The summed E-state index contributed by atoms with van der Waals surface area (Å²) < 4.78 is 56.5. The lowest BCUT2D eigenvalue weighted by molar-refractivity contribution is -0.0498. The minimum absolute atomic E-state index is 0.0502. The van der Waals surface area contributed by atoms with Gasteiger partial charge in [0.1, 0.15) is 12.4 Å². The summed E-state index contributed by atoms with van der Waals surface area (Å²) in [5.74, 6) is 0.0937. The molecule has 7 heteroatoms. The van der Waals surface area contributed by atoms with E-state index in [1.54, 1.807) is 12.1 Å². The van der Waals surface area contributed by atoms with E-state index in [2.05, 4.69) is 10.1 Å². The lowest BCUT2D eigenvalue weighted by Gasteiger charge is -2.15. The van der Waals surface area contributed by atoms with Crippen molar-refractivity contribution >= 4 is 0 Å². The van der Waals surface area contributed by atoms with Gasteiger partial charge in [0, 0.05) is 12.6 Å². The van der Waals surface area contributed by atoms with Crippen molar-refractivity contribution in [3.8, 4) is 5.75 Å². The van der Waals surface area contributed by atoms with Crippen LogP contribution in [0, 0.1) is 0 Å². The van der Waals surface area contributed by atoms with Crippen LogP contribution < -0.4 is 10.1 Å². The first-order chi connectivity index (χ1) is 9.49. The Balaban J connectivity index is 2.30. The highest BCUT2D eigenvalue weighted by atomic mass is 19.3. The number of hydrogen-bond donors (Lipinski definition) is 1. The van der Waals surface area contributed by atoms with Crippen molar-refractivity contribution in [2.45, 2.75) is 26.0 Å². The van der Waals surface area contributed by atoms with Crippen LogP contribution in [0.4, 0.5) is 17.6 Å². The summed E-state index contributed by atoms with van der Waals surface area (Å²) in [4.78, 5) is 0. The van der Waals surface area contributed by atoms with Gasteiger partial charge in [-0.2, -0.15) is 8.78 Å². The number of benzene rings is 1. The quantitative estimate of drug-likeness (QED) is 0.560. The standard InChI is InChI=1S/C13H17F4NO2/c1-9(18-6-7-19-8-12(14)15)10-2-4-11(5-3-10)20-13(16)17/h2-5,9,12-13,18H,6-8H2,1H3. The fourth-order valence-corrected chi connectivity index (χ4v) is 1.58. The van der Waals surface area contributed by atoms with Crippen LogP contribution in [0.5, 0.6) is 5.75 Å². The molecule has 0 bridgehead atoms. The molecule has 1 atom stereocenters. The molecule has 1 aromatic rings. The summed E-state index contributed by atoms with van der Waals surface area (Å²) in [6.45, 7) is -0.945. The van der Waals surface area contributed by atoms with Crippen molar-refractivity contribution in [3.63, 3.8) is 0 Å². The van der Waals surface area contributed by atoms with Gasteiger partial charge in [0.25, 0.3) is 6.43 Å². The first kappa shape index (κ1) is 16.7. The number of halogens is 4. The first-order valence-corrected chi connectivity index (χ1v) is 6.13. The number of nitrogens with one attached hydrogen (secondary N) is 1. The van der Waals surface area contributed by atoms with Gasteiger partial charge in [-0.25, -0.2) is 8.78 Å². The van der Waals surface area contributed by atoms with Crippen molar-refractivity contribution in [3.05, 3.63) is 29.8 Å². The van der Waals surface area contributed by atoms with E-state index < -0.39 is 19.6 Å². The SMILES string of the molecule is CC(NCCOCC(F)F)c1ccc(OC(F)F)cc1. The van der Waals surface area contributed by atoms with Crippen LogP contribution in [0.1, 0.15) is 18.5 Å². The fraction of sp³-hybridized carbons (Fsp3) is 0.538. The van der Waals surface area contributed by atoms with E-state index in [9.17, 15) is 17.6 Å². The van der Waals surface area contributed by atoms with Crippen LogP contribution in [0.2, 0.25) is 0 Å². The largest absolute Gasteiger partial charge is 0.435 e. The highest BCUT2D eigenvalue weighted by Crippen LogP contribution is 2.18. The lowest BCUT2D eigenvalue weighted by atomic mass is 10.1. The molecule has 0 aliphatic heterocycles. The zero-order valence-corrected chi connectivity index (χ0v) is 11.0. The highest BCUT2D eigenvalue weighted by molar-refractivity contribution is 5.28. The smallest absolute Gasteiger partial charge is 0.387 e. The fourth-order valence-electron chi connectivity index (χ4n) is 1.58. The van der Waals surface area contributed by atoms with Gasteiger partial charge in [0.15, 0.2) is 0 Å². The molecule has 1 aromatic carbocycles. The topological polar surface area (TPSA) is 30.5 Å². The van der Waals surface area contributed by atoms with E-state index in [0.717, 1.165) is 5.56 Å². The maximum atomic E-state index is 12.0. The Morgan fingerprint density at radius 1 is 1.10 bits per heavy atom. The zero-order chi connectivity index (χ0) is 15.0. The van der Waals surface area contributed by atoms with Crippen molar-refractivity contribution in [1.82, 2.24) is 5.32 Å². The van der Waals surface area contributed by atoms with Gasteiger partial charge in [-0.15, -0.1) is 0 Å². The molecule has 1 rings (SSSR count). The molecule has 0 aromatic heterocycles. The van der Waals surface area contributed by atoms with Crippen LogP contribution in [0.25, 0.3) is 0 Å². The van der Waals surface area contributed by atoms with E-state index in [0.29, 0.717) is 6.54 Å². The summed E-state index contributed by atoms with van der Waals surface area (Å²) in [6.07, 6.45) is -2.46. The Kier molecular flexibility index (Phi) is 7.32. The molecule has 0 saturated carbocycles. The second-order valence-corrected chi connectivity index (χ2v) is 4.09. The van der Waals surface area contributed by atoms with E-state index in [1.807, 2.05) is 6.92 Å². The van der Waals surface area contributed by atoms with Gasteiger partial charge in [-0.1, -0.05) is 12.1 Å². The molecule has 114 valence electrons. The molecule has 0 aliphatic rings. The van der Waals surface area contributed by atoms with Gasteiger partial charge in [-0.05, 0) is 24.6 Å². The third-order valence-electron chi connectivity index (χ3n) is 2.55. The molecule has 0 amide bonds.